The second-order valence-electron chi connectivity index (χ2n) is 7.71. The maximum Gasteiger partial charge on any atom is 0.207 e. The lowest BCUT2D eigenvalue weighted by Gasteiger charge is -2.34. The highest BCUT2D eigenvalue weighted by atomic mass is 31.2. The minimum absolute atomic E-state index is 0.424. The van der Waals surface area contributed by atoms with Gasteiger partial charge in [0.2, 0.25) is 7.29 Å². The Morgan fingerprint density at radius 3 is 2.04 bits per heavy atom. The van der Waals surface area contributed by atoms with Gasteiger partial charge in [-0.15, -0.1) is 0 Å². The van der Waals surface area contributed by atoms with E-state index < -0.39 is 7.29 Å². The highest BCUT2D eigenvalue weighted by Gasteiger charge is 2.43. The third-order valence-corrected chi connectivity index (χ3v) is 8.77. The van der Waals surface area contributed by atoms with Gasteiger partial charge < -0.3 is 0 Å². The Hall–Kier alpha value is -1.37. The van der Waals surface area contributed by atoms with Crippen LogP contribution >= 0.6 is 7.29 Å². The second-order valence-corrected chi connectivity index (χ2v) is 10.4. The molecule has 1 aliphatic rings. The van der Waals surface area contributed by atoms with Crippen molar-refractivity contribution in [3.8, 4) is 0 Å². The van der Waals surface area contributed by atoms with E-state index in [1.165, 1.54) is 25.7 Å². The smallest absolute Gasteiger partial charge is 0.207 e. The molecule has 2 nitrogen and oxygen atoms in total. The molecule has 0 bridgehead atoms. The largest absolute Gasteiger partial charge is 0.296 e. The molecule has 0 aromatic heterocycles. The summed E-state index contributed by atoms with van der Waals surface area (Å²) >= 11 is 0. The molecular weight excluding hydrogens is 337 g/mol. The molecule has 140 valence electrons. The van der Waals surface area contributed by atoms with Gasteiger partial charge in [0.05, 0.1) is 0 Å². The molecule has 0 N–H and O–H groups in total. The summed E-state index contributed by atoms with van der Waals surface area (Å²) in [5, 5.41) is 1.94. The molecule has 1 fully saturated rings. The molecule has 3 heteroatoms. The number of nitrogens with zero attached hydrogens (tertiary/aromatic N) is 1. The van der Waals surface area contributed by atoms with Crippen LogP contribution in [0.2, 0.25) is 0 Å². The molecule has 0 radical (unpaired) electrons. The zero-order valence-electron chi connectivity index (χ0n) is 16.2. The van der Waals surface area contributed by atoms with E-state index in [0.29, 0.717) is 12.0 Å². The van der Waals surface area contributed by atoms with Gasteiger partial charge in [0, 0.05) is 23.2 Å². The van der Waals surface area contributed by atoms with E-state index in [0.717, 1.165) is 30.0 Å². The van der Waals surface area contributed by atoms with Gasteiger partial charge in [0.1, 0.15) is 0 Å². The molecule has 2 aromatic carbocycles. The monoisotopic (exact) mass is 369 g/mol. The fourth-order valence-electron chi connectivity index (χ4n) is 4.25. The van der Waals surface area contributed by atoms with Gasteiger partial charge in [-0.1, -0.05) is 75.9 Å². The molecular formula is C23H32NOP. The molecule has 3 rings (SSSR count). The number of benzene rings is 2. The van der Waals surface area contributed by atoms with Crippen LogP contribution in [0.1, 0.15) is 52.4 Å². The van der Waals surface area contributed by atoms with Gasteiger partial charge in [-0.05, 0) is 43.0 Å². The van der Waals surface area contributed by atoms with Crippen molar-refractivity contribution in [2.75, 3.05) is 6.54 Å². The highest BCUT2D eigenvalue weighted by molar-refractivity contribution is 7.76. The Balaban J connectivity index is 1.94. The molecule has 0 aliphatic carbocycles. The molecule has 1 aliphatic heterocycles. The lowest BCUT2D eigenvalue weighted by atomic mass is 10.0. The molecule has 0 unspecified atom stereocenters. The average molecular weight is 369 g/mol. The SMILES string of the molecule is CCCCCC[C@@H]1C[C@H](C)CN1P(=O)(c1ccccc1)c1ccccc1. The molecule has 2 atom stereocenters. The van der Waals surface area contributed by atoms with Crippen LogP contribution in [0.4, 0.5) is 0 Å². The Bertz CT molecular complexity index is 672. The van der Waals surface area contributed by atoms with Crippen LogP contribution in [-0.2, 0) is 4.57 Å². The molecule has 26 heavy (non-hydrogen) atoms. The lowest BCUT2D eigenvalue weighted by Crippen LogP contribution is -2.36. The molecule has 1 heterocycles. The van der Waals surface area contributed by atoms with Crippen LogP contribution in [0.5, 0.6) is 0 Å². The Morgan fingerprint density at radius 2 is 1.50 bits per heavy atom. The minimum Gasteiger partial charge on any atom is -0.296 e. The fourth-order valence-corrected chi connectivity index (χ4v) is 7.48. The third-order valence-electron chi connectivity index (χ3n) is 5.56. The summed E-state index contributed by atoms with van der Waals surface area (Å²) < 4.78 is 17.0. The van der Waals surface area contributed by atoms with Gasteiger partial charge >= 0.3 is 0 Å². The number of hydrogen-bond donors (Lipinski definition) is 0. The van der Waals surface area contributed by atoms with Crippen molar-refractivity contribution >= 4 is 17.9 Å². The maximum absolute atomic E-state index is 14.6. The van der Waals surface area contributed by atoms with E-state index in [1.54, 1.807) is 0 Å². The van der Waals surface area contributed by atoms with E-state index in [4.69, 9.17) is 0 Å². The van der Waals surface area contributed by atoms with Crippen molar-refractivity contribution < 1.29 is 4.57 Å². The normalized spacial score (nSPS) is 21.2. The average Bonchev–Trinajstić information content (AvgIpc) is 3.07. The standard InChI is InChI=1S/C23H32NOP/c1-3-4-5-8-13-21-18-20(2)19-24(21)26(25,22-14-9-6-10-15-22)23-16-11-7-12-17-23/h6-7,9-12,14-17,20-21H,3-5,8,13,18-19H2,1-2H3/t20-,21+/m0/s1. The number of rotatable bonds is 8. The third kappa shape index (κ3) is 4.13. The first kappa shape index (κ1) is 19.4. The van der Waals surface area contributed by atoms with E-state index in [-0.39, 0.29) is 0 Å². The molecule has 2 aromatic rings. The predicted octanol–water partition coefficient (Wildman–Crippen LogP) is 5.60. The summed E-state index contributed by atoms with van der Waals surface area (Å²) in [5.74, 6) is 0.604. The number of unbranched alkanes of at least 4 members (excludes halogenated alkanes) is 3. The molecule has 0 amide bonds. The van der Waals surface area contributed by atoms with E-state index in [2.05, 4.69) is 18.5 Å². The van der Waals surface area contributed by atoms with Gasteiger partial charge in [0.15, 0.2) is 0 Å². The van der Waals surface area contributed by atoms with Crippen molar-refractivity contribution in [3.05, 3.63) is 60.7 Å². The summed E-state index contributed by atoms with van der Waals surface area (Å²) in [4.78, 5) is 0. The summed E-state index contributed by atoms with van der Waals surface area (Å²) in [5.41, 5.74) is 0. The Kier molecular flexibility index (Phi) is 6.73. The van der Waals surface area contributed by atoms with Crippen molar-refractivity contribution in [1.29, 1.82) is 0 Å². The Labute approximate surface area is 159 Å². The number of hydrogen-bond acceptors (Lipinski definition) is 1. The van der Waals surface area contributed by atoms with E-state index >= 15 is 0 Å². The van der Waals surface area contributed by atoms with Gasteiger partial charge in [-0.25, -0.2) is 4.67 Å². The van der Waals surface area contributed by atoms with Gasteiger partial charge in [0.25, 0.3) is 0 Å². The molecule has 0 saturated carbocycles. The van der Waals surface area contributed by atoms with E-state index in [9.17, 15) is 4.57 Å². The van der Waals surface area contributed by atoms with Crippen LogP contribution in [0.3, 0.4) is 0 Å². The maximum atomic E-state index is 14.6. The van der Waals surface area contributed by atoms with Crippen LogP contribution < -0.4 is 10.6 Å². The first-order valence-corrected chi connectivity index (χ1v) is 11.8. The Morgan fingerprint density at radius 1 is 0.923 bits per heavy atom. The highest BCUT2D eigenvalue weighted by Crippen LogP contribution is 2.53. The summed E-state index contributed by atoms with van der Waals surface area (Å²) in [7, 11) is -2.79. The van der Waals surface area contributed by atoms with Crippen molar-refractivity contribution in [1.82, 2.24) is 4.67 Å². The first-order chi connectivity index (χ1) is 12.7. The van der Waals surface area contributed by atoms with Crippen molar-refractivity contribution in [3.63, 3.8) is 0 Å². The fraction of sp³-hybridized carbons (Fsp3) is 0.478. The first-order valence-electron chi connectivity index (χ1n) is 10.1. The zero-order valence-corrected chi connectivity index (χ0v) is 17.1. The summed E-state index contributed by atoms with van der Waals surface area (Å²) in [6.07, 6.45) is 7.42. The van der Waals surface area contributed by atoms with Crippen molar-refractivity contribution in [2.45, 2.75) is 58.4 Å². The lowest BCUT2D eigenvalue weighted by molar-refractivity contribution is 0.366. The van der Waals surface area contributed by atoms with Crippen LogP contribution in [-0.4, -0.2) is 17.3 Å². The van der Waals surface area contributed by atoms with Crippen LogP contribution in [0.15, 0.2) is 60.7 Å². The topological polar surface area (TPSA) is 20.3 Å². The van der Waals surface area contributed by atoms with Crippen molar-refractivity contribution in [2.24, 2.45) is 5.92 Å². The predicted molar refractivity (Wildman–Crippen MR) is 113 cm³/mol. The molecule has 0 spiro atoms. The zero-order chi connectivity index (χ0) is 18.4. The quantitative estimate of drug-likeness (QED) is 0.446. The summed E-state index contributed by atoms with van der Waals surface area (Å²) in [6.45, 7) is 5.49. The van der Waals surface area contributed by atoms with Gasteiger partial charge in [-0.2, -0.15) is 0 Å². The second kappa shape index (κ2) is 9.02. The van der Waals surface area contributed by atoms with E-state index in [1.807, 2.05) is 60.7 Å². The summed E-state index contributed by atoms with van der Waals surface area (Å²) in [6, 6.07) is 20.7. The minimum atomic E-state index is -2.79. The van der Waals surface area contributed by atoms with Crippen LogP contribution in [0.25, 0.3) is 0 Å². The molecule has 1 saturated heterocycles. The van der Waals surface area contributed by atoms with Crippen LogP contribution in [0, 0.1) is 5.92 Å². The van der Waals surface area contributed by atoms with Gasteiger partial charge in [-0.3, -0.25) is 4.57 Å².